The third kappa shape index (κ3) is 2.21. The van der Waals surface area contributed by atoms with Crippen molar-refractivity contribution in [3.63, 3.8) is 0 Å². The highest BCUT2D eigenvalue weighted by molar-refractivity contribution is 5.32. The van der Waals surface area contributed by atoms with Crippen LogP contribution in [0.25, 0.3) is 0 Å². The number of hydrogen-bond acceptors (Lipinski definition) is 5. The first-order chi connectivity index (χ1) is 8.17. The number of hydrazine groups is 1. The number of nitrogens with zero attached hydrogens (tertiary/aromatic N) is 3. The summed E-state index contributed by atoms with van der Waals surface area (Å²) < 4.78 is 2.32. The van der Waals surface area contributed by atoms with Crippen molar-refractivity contribution < 1.29 is 0 Å². The van der Waals surface area contributed by atoms with Gasteiger partial charge >= 0.3 is 5.69 Å². The number of rotatable bonds is 4. The van der Waals surface area contributed by atoms with Crippen LogP contribution in [0.2, 0.25) is 0 Å². The first kappa shape index (κ1) is 11.4. The minimum atomic E-state index is -0.517. The molecule has 2 rings (SSSR count). The molecule has 1 heterocycles. The SMILES string of the molecule is N#CCn1c(=O)cc(NN)n(CC2CC2)c1=O. The van der Waals surface area contributed by atoms with Crippen LogP contribution in [0.4, 0.5) is 5.82 Å². The van der Waals surface area contributed by atoms with E-state index in [1.54, 1.807) is 6.07 Å². The summed E-state index contributed by atoms with van der Waals surface area (Å²) in [6, 6.07) is 3.03. The summed E-state index contributed by atoms with van der Waals surface area (Å²) in [5.74, 6) is 6.04. The molecule has 1 aromatic rings. The predicted octanol–water partition coefficient (Wildman–Crippen LogP) is -0.771. The van der Waals surface area contributed by atoms with E-state index in [2.05, 4.69) is 5.43 Å². The molecule has 90 valence electrons. The second-order valence-corrected chi connectivity index (χ2v) is 4.09. The fourth-order valence-electron chi connectivity index (χ4n) is 1.69. The van der Waals surface area contributed by atoms with Crippen molar-refractivity contribution in [3.05, 3.63) is 26.9 Å². The van der Waals surface area contributed by atoms with Crippen LogP contribution in [0, 0.1) is 17.2 Å². The molecular formula is C10H13N5O2. The van der Waals surface area contributed by atoms with Gasteiger partial charge in [-0.25, -0.2) is 15.2 Å². The molecule has 0 spiro atoms. The van der Waals surface area contributed by atoms with Crippen LogP contribution in [-0.2, 0) is 13.1 Å². The monoisotopic (exact) mass is 235 g/mol. The normalized spacial score (nSPS) is 14.4. The molecule has 0 atom stereocenters. The molecule has 0 amide bonds. The summed E-state index contributed by atoms with van der Waals surface area (Å²) in [4.78, 5) is 23.6. The van der Waals surface area contributed by atoms with Gasteiger partial charge in [0.05, 0.1) is 6.07 Å². The van der Waals surface area contributed by atoms with Gasteiger partial charge in [-0.05, 0) is 18.8 Å². The Kier molecular flexibility index (Phi) is 2.97. The minimum Gasteiger partial charge on any atom is -0.310 e. The summed E-state index contributed by atoms with van der Waals surface area (Å²) in [7, 11) is 0. The van der Waals surface area contributed by atoms with E-state index in [-0.39, 0.29) is 6.54 Å². The lowest BCUT2D eigenvalue weighted by Gasteiger charge is -2.12. The summed E-state index contributed by atoms with van der Waals surface area (Å²) in [6.07, 6.45) is 2.15. The van der Waals surface area contributed by atoms with Crippen molar-refractivity contribution in [2.75, 3.05) is 5.43 Å². The zero-order chi connectivity index (χ0) is 12.4. The Morgan fingerprint density at radius 2 is 2.18 bits per heavy atom. The average Bonchev–Trinajstić information content (AvgIpc) is 3.11. The number of nitrogens with one attached hydrogen (secondary N) is 1. The van der Waals surface area contributed by atoms with Crippen molar-refractivity contribution in [2.45, 2.75) is 25.9 Å². The molecule has 0 unspecified atom stereocenters. The van der Waals surface area contributed by atoms with E-state index in [0.717, 1.165) is 17.4 Å². The summed E-state index contributed by atoms with van der Waals surface area (Å²) in [5.41, 5.74) is 1.34. The number of nitrogen functional groups attached to an aromatic ring is 1. The van der Waals surface area contributed by atoms with Crippen molar-refractivity contribution in [1.82, 2.24) is 9.13 Å². The lowest BCUT2D eigenvalue weighted by atomic mass is 10.4. The van der Waals surface area contributed by atoms with Gasteiger partial charge in [-0.1, -0.05) is 0 Å². The molecule has 0 aromatic carbocycles. The molecular weight excluding hydrogens is 222 g/mol. The van der Waals surface area contributed by atoms with Crippen LogP contribution in [0.15, 0.2) is 15.7 Å². The van der Waals surface area contributed by atoms with E-state index in [9.17, 15) is 9.59 Å². The molecule has 0 radical (unpaired) electrons. The second-order valence-electron chi connectivity index (χ2n) is 4.09. The highest BCUT2D eigenvalue weighted by atomic mass is 16.2. The Morgan fingerprint density at radius 1 is 1.47 bits per heavy atom. The molecule has 7 nitrogen and oxygen atoms in total. The third-order valence-electron chi connectivity index (χ3n) is 2.79. The Morgan fingerprint density at radius 3 is 2.71 bits per heavy atom. The zero-order valence-corrected chi connectivity index (χ0v) is 9.22. The van der Waals surface area contributed by atoms with Gasteiger partial charge in [0.1, 0.15) is 12.4 Å². The van der Waals surface area contributed by atoms with Gasteiger partial charge in [0.15, 0.2) is 0 Å². The van der Waals surface area contributed by atoms with E-state index >= 15 is 0 Å². The predicted molar refractivity (Wildman–Crippen MR) is 61.1 cm³/mol. The molecule has 1 aliphatic carbocycles. The smallest absolute Gasteiger partial charge is 0.310 e. The van der Waals surface area contributed by atoms with Crippen molar-refractivity contribution in [1.29, 1.82) is 5.26 Å². The molecule has 3 N–H and O–H groups in total. The van der Waals surface area contributed by atoms with E-state index in [1.807, 2.05) is 0 Å². The number of nitrogens with two attached hydrogens (primary N) is 1. The fraction of sp³-hybridized carbons (Fsp3) is 0.500. The second kappa shape index (κ2) is 4.43. The average molecular weight is 235 g/mol. The fourth-order valence-corrected chi connectivity index (χ4v) is 1.69. The largest absolute Gasteiger partial charge is 0.333 e. The Bertz CT molecular complexity index is 576. The van der Waals surface area contributed by atoms with Crippen molar-refractivity contribution in [3.8, 4) is 6.07 Å². The van der Waals surface area contributed by atoms with E-state index in [1.165, 1.54) is 10.6 Å². The lowest BCUT2D eigenvalue weighted by Crippen LogP contribution is -2.41. The maximum atomic E-state index is 12.0. The first-order valence-corrected chi connectivity index (χ1v) is 5.35. The minimum absolute atomic E-state index is 0.243. The zero-order valence-electron chi connectivity index (χ0n) is 9.22. The summed E-state index contributed by atoms with van der Waals surface area (Å²) in [5, 5.41) is 8.58. The number of anilines is 1. The molecule has 0 bridgehead atoms. The quantitative estimate of drug-likeness (QED) is 0.526. The molecule has 1 aromatic heterocycles. The van der Waals surface area contributed by atoms with Crippen LogP contribution >= 0.6 is 0 Å². The standard InChI is InChI=1S/C10H13N5O2/c11-3-4-14-9(16)5-8(13-12)15(10(14)17)6-7-1-2-7/h5,7,13H,1-2,4,6,12H2. The molecule has 7 heteroatoms. The van der Waals surface area contributed by atoms with Crippen LogP contribution in [-0.4, -0.2) is 9.13 Å². The van der Waals surface area contributed by atoms with Gasteiger partial charge in [0.2, 0.25) is 0 Å². The first-order valence-electron chi connectivity index (χ1n) is 5.35. The summed E-state index contributed by atoms with van der Waals surface area (Å²) in [6.45, 7) is 0.289. The molecule has 0 aliphatic heterocycles. The molecule has 1 fully saturated rings. The van der Waals surface area contributed by atoms with Crippen LogP contribution in [0.3, 0.4) is 0 Å². The highest BCUT2D eigenvalue weighted by Gasteiger charge is 2.24. The lowest BCUT2D eigenvalue weighted by molar-refractivity contribution is 0.555. The van der Waals surface area contributed by atoms with Gasteiger partial charge in [-0.2, -0.15) is 5.26 Å². The van der Waals surface area contributed by atoms with E-state index in [4.69, 9.17) is 11.1 Å². The Hall–Kier alpha value is -2.07. The van der Waals surface area contributed by atoms with Crippen LogP contribution in [0.5, 0.6) is 0 Å². The Labute approximate surface area is 97.0 Å². The summed E-state index contributed by atoms with van der Waals surface area (Å²) >= 11 is 0. The molecule has 0 saturated heterocycles. The third-order valence-corrected chi connectivity index (χ3v) is 2.79. The molecule has 17 heavy (non-hydrogen) atoms. The number of hydrogen-bond donors (Lipinski definition) is 2. The van der Waals surface area contributed by atoms with E-state index < -0.39 is 11.2 Å². The van der Waals surface area contributed by atoms with Gasteiger partial charge in [-0.15, -0.1) is 0 Å². The van der Waals surface area contributed by atoms with Crippen molar-refractivity contribution >= 4 is 5.82 Å². The van der Waals surface area contributed by atoms with Crippen LogP contribution < -0.4 is 22.5 Å². The van der Waals surface area contributed by atoms with Gasteiger partial charge < -0.3 is 5.43 Å². The molecule has 1 aliphatic rings. The topological polar surface area (TPSA) is 106 Å². The van der Waals surface area contributed by atoms with Gasteiger partial charge in [0, 0.05) is 12.6 Å². The molecule has 1 saturated carbocycles. The maximum Gasteiger partial charge on any atom is 0.333 e. The van der Waals surface area contributed by atoms with Gasteiger partial charge in [-0.3, -0.25) is 9.36 Å². The van der Waals surface area contributed by atoms with Crippen molar-refractivity contribution in [2.24, 2.45) is 11.8 Å². The van der Waals surface area contributed by atoms with Gasteiger partial charge in [0.25, 0.3) is 5.56 Å². The van der Waals surface area contributed by atoms with Crippen LogP contribution in [0.1, 0.15) is 12.8 Å². The Balaban J connectivity index is 2.53. The number of nitriles is 1. The number of aromatic nitrogens is 2. The maximum absolute atomic E-state index is 12.0. The van der Waals surface area contributed by atoms with E-state index in [0.29, 0.717) is 18.3 Å². The highest BCUT2D eigenvalue weighted by Crippen LogP contribution is 2.30.